The Bertz CT molecular complexity index is 67.0. The molecule has 9 heavy (non-hydrogen) atoms. The molecule has 2 N–H and O–H groups in total. The molecule has 0 aliphatic carbocycles. The molecule has 0 bridgehead atoms. The molecule has 0 saturated heterocycles. The van der Waals surface area contributed by atoms with Crippen LogP contribution in [0.2, 0.25) is 0 Å². The number of rotatable bonds is 4. The lowest BCUT2D eigenvalue weighted by Gasteiger charge is -2.13. The average Bonchev–Trinajstić information content (AvgIpc) is 1.64. The van der Waals surface area contributed by atoms with Gasteiger partial charge in [0, 0.05) is 13.2 Å². The summed E-state index contributed by atoms with van der Waals surface area (Å²) in [5.74, 6) is 0. The fraction of sp³-hybridized carbons (Fsp3) is 1.00. The van der Waals surface area contributed by atoms with E-state index in [0.29, 0.717) is 0 Å². The summed E-state index contributed by atoms with van der Waals surface area (Å²) < 4.78 is 8.99. The van der Waals surface area contributed by atoms with E-state index in [1.54, 1.807) is 13.8 Å². The third-order valence-corrected chi connectivity index (χ3v) is 1.99. The van der Waals surface area contributed by atoms with E-state index in [1.807, 2.05) is 0 Å². The van der Waals surface area contributed by atoms with E-state index < -0.39 is 9.05 Å². The molecular formula is C4H12O4Si. The van der Waals surface area contributed by atoms with Gasteiger partial charge in [-0.1, -0.05) is 0 Å². The lowest BCUT2D eigenvalue weighted by Crippen LogP contribution is -2.42. The van der Waals surface area contributed by atoms with Crippen molar-refractivity contribution in [3.8, 4) is 0 Å². The smallest absolute Gasteiger partial charge is 0.367 e. The third kappa shape index (κ3) is 4.55. The maximum absolute atomic E-state index is 8.76. The van der Waals surface area contributed by atoms with Gasteiger partial charge in [-0.05, 0) is 13.8 Å². The highest BCUT2D eigenvalue weighted by molar-refractivity contribution is 6.50. The Balaban J connectivity index is 3.43. The van der Waals surface area contributed by atoms with Crippen LogP contribution in [-0.4, -0.2) is 31.9 Å². The summed E-state index contributed by atoms with van der Waals surface area (Å²) in [7, 11) is -3.70. The van der Waals surface area contributed by atoms with Crippen LogP contribution in [0.1, 0.15) is 13.8 Å². The van der Waals surface area contributed by atoms with Gasteiger partial charge in [0.15, 0.2) is 0 Å². The van der Waals surface area contributed by atoms with E-state index >= 15 is 0 Å². The van der Waals surface area contributed by atoms with Gasteiger partial charge < -0.3 is 18.4 Å². The molecule has 0 aromatic carbocycles. The molecule has 56 valence electrons. The van der Waals surface area contributed by atoms with Crippen LogP contribution < -0.4 is 0 Å². The van der Waals surface area contributed by atoms with Gasteiger partial charge in [0.25, 0.3) is 0 Å². The first-order chi connectivity index (χ1) is 4.12. The predicted molar refractivity (Wildman–Crippen MR) is 33.4 cm³/mol. The third-order valence-electron chi connectivity index (χ3n) is 0.665. The number of hydrogen-bond donors (Lipinski definition) is 2. The van der Waals surface area contributed by atoms with Gasteiger partial charge >= 0.3 is 9.05 Å². The van der Waals surface area contributed by atoms with Crippen molar-refractivity contribution < 1.29 is 18.4 Å². The summed E-state index contributed by atoms with van der Waals surface area (Å²) in [6.07, 6.45) is 0. The number of hydrogen-bond acceptors (Lipinski definition) is 4. The molecule has 0 aliphatic heterocycles. The van der Waals surface area contributed by atoms with Crippen LogP contribution >= 0.6 is 0 Å². The highest BCUT2D eigenvalue weighted by Crippen LogP contribution is 1.95. The average molecular weight is 152 g/mol. The zero-order chi connectivity index (χ0) is 7.33. The highest BCUT2D eigenvalue weighted by atomic mass is 28.4. The predicted octanol–water partition coefficient (Wildman–Crippen LogP) is -0.520. The molecule has 0 aliphatic rings. The zero-order valence-electron chi connectivity index (χ0n) is 5.63. The van der Waals surface area contributed by atoms with Crippen LogP contribution in [0.5, 0.6) is 0 Å². The fourth-order valence-electron chi connectivity index (χ4n) is 0.418. The summed E-state index contributed by atoms with van der Waals surface area (Å²) in [5, 5.41) is 0. The maximum atomic E-state index is 8.76. The lowest BCUT2D eigenvalue weighted by molar-refractivity contribution is 0.0319. The molecule has 5 heteroatoms. The Labute approximate surface area is 55.5 Å². The minimum atomic E-state index is -3.70. The van der Waals surface area contributed by atoms with E-state index in [-0.39, 0.29) is 13.2 Å². The van der Waals surface area contributed by atoms with Crippen LogP contribution in [0.15, 0.2) is 0 Å². The monoisotopic (exact) mass is 152 g/mol. The second-order valence-electron chi connectivity index (χ2n) is 1.41. The normalized spacial score (nSPS) is 12.0. The second-order valence-corrected chi connectivity index (χ2v) is 3.09. The summed E-state index contributed by atoms with van der Waals surface area (Å²) in [5.41, 5.74) is 0. The summed E-state index contributed by atoms with van der Waals surface area (Å²) >= 11 is 0. The van der Waals surface area contributed by atoms with Crippen molar-refractivity contribution in [2.75, 3.05) is 13.2 Å². The Kier molecular flexibility index (Phi) is 3.99. The molecule has 0 atom stereocenters. The van der Waals surface area contributed by atoms with Gasteiger partial charge in [0.05, 0.1) is 0 Å². The highest BCUT2D eigenvalue weighted by Gasteiger charge is 2.34. The SMILES string of the molecule is CCO[Si](O)(O)OCC. The largest absolute Gasteiger partial charge is 0.674 e. The van der Waals surface area contributed by atoms with Crippen LogP contribution in [-0.2, 0) is 8.85 Å². The van der Waals surface area contributed by atoms with Crippen molar-refractivity contribution >= 4 is 9.05 Å². The zero-order valence-corrected chi connectivity index (χ0v) is 6.63. The quantitative estimate of drug-likeness (QED) is 0.532. The van der Waals surface area contributed by atoms with Crippen molar-refractivity contribution in [2.45, 2.75) is 13.8 Å². The van der Waals surface area contributed by atoms with Crippen molar-refractivity contribution in [1.29, 1.82) is 0 Å². The second kappa shape index (κ2) is 3.97. The lowest BCUT2D eigenvalue weighted by atomic mass is 10.9. The summed E-state index contributed by atoms with van der Waals surface area (Å²) in [4.78, 5) is 17.5. The van der Waals surface area contributed by atoms with Gasteiger partial charge in [-0.3, -0.25) is 0 Å². The Morgan fingerprint density at radius 3 is 1.67 bits per heavy atom. The van der Waals surface area contributed by atoms with E-state index in [9.17, 15) is 0 Å². The van der Waals surface area contributed by atoms with Crippen molar-refractivity contribution in [1.82, 2.24) is 0 Å². The minimum Gasteiger partial charge on any atom is -0.367 e. The standard InChI is InChI=1S/C4H12O4Si/c1-3-7-9(5,6)8-4-2/h5-6H,3-4H2,1-2H3. The summed E-state index contributed by atoms with van der Waals surface area (Å²) in [6, 6.07) is 0. The van der Waals surface area contributed by atoms with Gasteiger partial charge in [-0.15, -0.1) is 0 Å². The van der Waals surface area contributed by atoms with E-state index in [4.69, 9.17) is 9.59 Å². The molecule has 0 aromatic heterocycles. The molecular weight excluding hydrogens is 140 g/mol. The van der Waals surface area contributed by atoms with Gasteiger partial charge in [-0.25, -0.2) is 0 Å². The first-order valence-corrected chi connectivity index (χ1v) is 4.56. The molecule has 0 amide bonds. The van der Waals surface area contributed by atoms with Crippen LogP contribution in [0.4, 0.5) is 0 Å². The summed E-state index contributed by atoms with van der Waals surface area (Å²) in [6.45, 7) is 3.87. The molecule has 4 nitrogen and oxygen atoms in total. The van der Waals surface area contributed by atoms with Crippen molar-refractivity contribution in [3.63, 3.8) is 0 Å². The molecule has 0 heterocycles. The molecule has 0 unspecified atom stereocenters. The fourth-order valence-corrected chi connectivity index (χ4v) is 1.25. The molecule has 0 rings (SSSR count). The molecule has 0 saturated carbocycles. The van der Waals surface area contributed by atoms with Crippen molar-refractivity contribution in [3.05, 3.63) is 0 Å². The Hall–Kier alpha value is 0.0569. The molecule has 0 fully saturated rings. The van der Waals surface area contributed by atoms with Crippen LogP contribution in [0, 0.1) is 0 Å². The minimum absolute atomic E-state index is 0.263. The first kappa shape index (κ1) is 9.06. The van der Waals surface area contributed by atoms with Crippen molar-refractivity contribution in [2.24, 2.45) is 0 Å². The molecule has 0 radical (unpaired) electrons. The van der Waals surface area contributed by atoms with Gasteiger partial charge in [0.2, 0.25) is 0 Å². The van der Waals surface area contributed by atoms with E-state index in [2.05, 4.69) is 8.85 Å². The van der Waals surface area contributed by atoms with Gasteiger partial charge in [0.1, 0.15) is 0 Å². The molecule has 0 spiro atoms. The van der Waals surface area contributed by atoms with Crippen LogP contribution in [0.3, 0.4) is 0 Å². The van der Waals surface area contributed by atoms with E-state index in [0.717, 1.165) is 0 Å². The first-order valence-electron chi connectivity index (χ1n) is 2.85. The van der Waals surface area contributed by atoms with Crippen LogP contribution in [0.25, 0.3) is 0 Å². The Morgan fingerprint density at radius 2 is 1.44 bits per heavy atom. The van der Waals surface area contributed by atoms with E-state index in [1.165, 1.54) is 0 Å². The Morgan fingerprint density at radius 1 is 1.11 bits per heavy atom. The van der Waals surface area contributed by atoms with Gasteiger partial charge in [-0.2, -0.15) is 0 Å². The maximum Gasteiger partial charge on any atom is 0.674 e. The topological polar surface area (TPSA) is 58.9 Å². The molecule has 0 aromatic rings.